The topological polar surface area (TPSA) is 148 Å². The Morgan fingerprint density at radius 1 is 1.12 bits per heavy atom. The van der Waals surface area contributed by atoms with Crippen molar-refractivity contribution in [2.24, 2.45) is 5.92 Å². The molecule has 1 aliphatic carbocycles. The highest BCUT2D eigenvalue weighted by atomic mass is 16.5. The van der Waals surface area contributed by atoms with Crippen LogP contribution in [0.25, 0.3) is 22.2 Å². The van der Waals surface area contributed by atoms with Crippen molar-refractivity contribution in [1.82, 2.24) is 30.3 Å². The molecule has 2 aliphatic rings. The van der Waals surface area contributed by atoms with Crippen LogP contribution in [-0.2, 0) is 16.1 Å². The average molecular weight is 667 g/mol. The summed E-state index contributed by atoms with van der Waals surface area (Å²) in [6.07, 6.45) is 10.4. The number of hydrogen-bond donors (Lipinski definition) is 3. The van der Waals surface area contributed by atoms with Gasteiger partial charge in [-0.05, 0) is 50.3 Å². The zero-order valence-corrected chi connectivity index (χ0v) is 28.0. The predicted octanol–water partition coefficient (Wildman–Crippen LogP) is 4.94. The molecule has 12 heteroatoms. The number of methoxy groups -OCH3 is 1. The van der Waals surface area contributed by atoms with Gasteiger partial charge in [0.2, 0.25) is 5.91 Å². The van der Waals surface area contributed by atoms with Crippen molar-refractivity contribution in [1.29, 1.82) is 0 Å². The molecule has 3 heterocycles. The molecule has 2 aromatic carbocycles. The third-order valence-corrected chi connectivity index (χ3v) is 9.33. The van der Waals surface area contributed by atoms with Crippen molar-refractivity contribution in [3.05, 3.63) is 84.2 Å². The summed E-state index contributed by atoms with van der Waals surface area (Å²) in [6, 6.07) is 14.2. The molecule has 0 saturated heterocycles. The Bertz CT molecular complexity index is 1870. The van der Waals surface area contributed by atoms with Crippen molar-refractivity contribution in [2.75, 3.05) is 27.3 Å². The molecule has 1 aliphatic heterocycles. The number of nitrogens with one attached hydrogen (secondary N) is 2. The summed E-state index contributed by atoms with van der Waals surface area (Å²) in [7, 11) is 3.29. The predicted molar refractivity (Wildman–Crippen MR) is 184 cm³/mol. The third-order valence-electron chi connectivity index (χ3n) is 9.33. The number of ether oxygens (including phenoxy) is 2. The van der Waals surface area contributed by atoms with Gasteiger partial charge in [-0.25, -0.2) is 14.6 Å². The highest BCUT2D eigenvalue weighted by Gasteiger charge is 2.60. The number of carboxylic acids is 1. The third kappa shape index (κ3) is 7.38. The Morgan fingerprint density at radius 2 is 1.94 bits per heavy atom. The summed E-state index contributed by atoms with van der Waals surface area (Å²) < 4.78 is 13.8. The van der Waals surface area contributed by atoms with E-state index in [1.165, 1.54) is 0 Å². The minimum atomic E-state index is -1.38. The van der Waals surface area contributed by atoms with Crippen LogP contribution < -0.4 is 20.1 Å². The van der Waals surface area contributed by atoms with Crippen LogP contribution in [-0.4, -0.2) is 81.6 Å². The van der Waals surface area contributed by atoms with Gasteiger partial charge in [0, 0.05) is 54.7 Å². The number of pyridine rings is 1. The highest BCUT2D eigenvalue weighted by Crippen LogP contribution is 2.45. The zero-order valence-electron chi connectivity index (χ0n) is 28.0. The number of benzene rings is 2. The molecule has 256 valence electrons. The second-order valence-corrected chi connectivity index (χ2v) is 12.8. The van der Waals surface area contributed by atoms with Crippen LogP contribution in [0.1, 0.15) is 43.2 Å². The van der Waals surface area contributed by atoms with E-state index in [1.807, 2.05) is 78.5 Å². The van der Waals surface area contributed by atoms with E-state index in [0.29, 0.717) is 42.2 Å². The van der Waals surface area contributed by atoms with E-state index in [1.54, 1.807) is 25.3 Å². The Kier molecular flexibility index (Phi) is 9.84. The monoisotopic (exact) mass is 666 g/mol. The summed E-state index contributed by atoms with van der Waals surface area (Å²) >= 11 is 0. The van der Waals surface area contributed by atoms with Crippen LogP contribution in [0.2, 0.25) is 0 Å². The number of aryl methyl sites for hydroxylation is 1. The van der Waals surface area contributed by atoms with Gasteiger partial charge < -0.3 is 30.1 Å². The number of amides is 3. The Labute approximate surface area is 285 Å². The largest absolute Gasteiger partial charge is 0.496 e. The summed E-state index contributed by atoms with van der Waals surface area (Å²) in [5, 5.41) is 20.9. The van der Waals surface area contributed by atoms with Gasteiger partial charge in [0.05, 0.1) is 37.7 Å². The van der Waals surface area contributed by atoms with Crippen molar-refractivity contribution in [3.63, 3.8) is 0 Å². The first-order valence-electron chi connectivity index (χ1n) is 16.6. The molecule has 49 heavy (non-hydrogen) atoms. The number of carbonyl (C=O) groups is 3. The van der Waals surface area contributed by atoms with Gasteiger partial charge in [0.15, 0.2) is 0 Å². The van der Waals surface area contributed by atoms with Crippen LogP contribution in [0.4, 0.5) is 4.79 Å². The normalized spacial score (nSPS) is 22.0. The fourth-order valence-corrected chi connectivity index (χ4v) is 6.28. The Morgan fingerprint density at radius 3 is 2.71 bits per heavy atom. The standard InChI is InChI=1S/C37H42N6O6/c1-24-31(48-3)15-14-28-32(19-30(39-33(24)28)26-21-38-43(23-26)22-25-11-7-6-8-12-25)49-18-16-29-34(44)41-37(35(45)46)20-27(37)13-9-4-5-10-17-42(2)36(47)40-29/h6-9,11-15,19,21,23,27,29H,4-5,10,16-18,20,22H2,1-3H3,(H,40,47)(H,41,44)(H,45,46)/b13-9+. The lowest BCUT2D eigenvalue weighted by Gasteiger charge is -2.25. The highest BCUT2D eigenvalue weighted by molar-refractivity contribution is 5.94. The van der Waals surface area contributed by atoms with Gasteiger partial charge >= 0.3 is 12.0 Å². The number of allylic oxidation sites excluding steroid dienone is 1. The van der Waals surface area contributed by atoms with E-state index < -0.39 is 29.5 Å². The maximum Gasteiger partial charge on any atom is 0.330 e. The summed E-state index contributed by atoms with van der Waals surface area (Å²) in [4.78, 5) is 45.5. The maximum absolute atomic E-state index is 13.6. The molecular formula is C37H42N6O6. The number of urea groups is 1. The minimum absolute atomic E-state index is 0.0579. The summed E-state index contributed by atoms with van der Waals surface area (Å²) in [6.45, 7) is 3.13. The van der Waals surface area contributed by atoms with Gasteiger partial charge in [0.1, 0.15) is 23.1 Å². The lowest BCUT2D eigenvalue weighted by Crippen LogP contribution is -2.55. The first-order chi connectivity index (χ1) is 23.7. The van der Waals surface area contributed by atoms with Crippen LogP contribution >= 0.6 is 0 Å². The molecule has 0 radical (unpaired) electrons. The van der Waals surface area contributed by atoms with E-state index >= 15 is 0 Å². The molecule has 12 nitrogen and oxygen atoms in total. The number of nitrogens with zero attached hydrogens (tertiary/aromatic N) is 4. The van der Waals surface area contributed by atoms with Crippen LogP contribution in [0.15, 0.2) is 73.1 Å². The van der Waals surface area contributed by atoms with Crippen LogP contribution in [0.3, 0.4) is 0 Å². The van der Waals surface area contributed by atoms with E-state index in [2.05, 4.69) is 15.7 Å². The van der Waals surface area contributed by atoms with Crippen LogP contribution in [0.5, 0.6) is 11.5 Å². The zero-order chi connectivity index (χ0) is 34.5. The van der Waals surface area contributed by atoms with Gasteiger partial charge in [-0.15, -0.1) is 0 Å². The molecule has 1 fully saturated rings. The van der Waals surface area contributed by atoms with E-state index in [-0.39, 0.29) is 18.9 Å². The van der Waals surface area contributed by atoms with Crippen molar-refractivity contribution in [2.45, 2.75) is 57.2 Å². The number of hydrogen-bond acceptors (Lipinski definition) is 7. The lowest BCUT2D eigenvalue weighted by molar-refractivity contribution is -0.143. The van der Waals surface area contributed by atoms with Gasteiger partial charge in [-0.2, -0.15) is 5.10 Å². The number of carbonyl (C=O) groups excluding carboxylic acids is 2. The van der Waals surface area contributed by atoms with Gasteiger partial charge in [-0.1, -0.05) is 42.5 Å². The second-order valence-electron chi connectivity index (χ2n) is 12.8. The Hall–Kier alpha value is -5.39. The molecule has 4 aromatic rings. The molecule has 0 bridgehead atoms. The molecule has 2 aromatic heterocycles. The van der Waals surface area contributed by atoms with E-state index in [0.717, 1.165) is 41.3 Å². The molecule has 3 amide bonds. The molecular weight excluding hydrogens is 624 g/mol. The smallest absolute Gasteiger partial charge is 0.330 e. The number of rotatable bonds is 9. The molecule has 6 rings (SSSR count). The first kappa shape index (κ1) is 33.5. The molecule has 3 N–H and O–H groups in total. The van der Waals surface area contributed by atoms with E-state index in [4.69, 9.17) is 14.5 Å². The maximum atomic E-state index is 13.6. The molecule has 3 atom stereocenters. The SMILES string of the molecule is COc1ccc2c(OCCC3NC(=O)N(C)CCCC/C=C/C4CC4(C(=O)O)NC3=O)cc(-c3cnn(Cc4ccccc4)c3)nc2c1C. The van der Waals surface area contributed by atoms with E-state index in [9.17, 15) is 19.5 Å². The van der Waals surface area contributed by atoms with Crippen molar-refractivity contribution in [3.8, 4) is 22.8 Å². The average Bonchev–Trinajstić information content (AvgIpc) is 3.60. The van der Waals surface area contributed by atoms with Crippen LogP contribution in [0, 0.1) is 12.8 Å². The number of carboxylic acid groups (broad SMARTS) is 1. The number of fused-ring (bicyclic) bond motifs is 2. The second kappa shape index (κ2) is 14.4. The first-order valence-corrected chi connectivity index (χ1v) is 16.6. The summed E-state index contributed by atoms with van der Waals surface area (Å²) in [5.74, 6) is -0.722. The quantitative estimate of drug-likeness (QED) is 0.213. The number of aromatic nitrogens is 3. The molecule has 1 saturated carbocycles. The fourth-order valence-electron chi connectivity index (χ4n) is 6.28. The Balaban J connectivity index is 1.26. The molecule has 3 unspecified atom stereocenters. The van der Waals surface area contributed by atoms with Crippen molar-refractivity contribution >= 4 is 28.8 Å². The fraction of sp³-hybridized carbons (Fsp3) is 0.378. The van der Waals surface area contributed by atoms with Gasteiger partial charge in [0.25, 0.3) is 0 Å². The molecule has 0 spiro atoms. The summed E-state index contributed by atoms with van der Waals surface area (Å²) in [5.41, 5.74) is 2.74. The van der Waals surface area contributed by atoms with Crippen molar-refractivity contribution < 1.29 is 29.0 Å². The van der Waals surface area contributed by atoms with Gasteiger partial charge in [-0.3, -0.25) is 9.48 Å². The lowest BCUT2D eigenvalue weighted by atomic mass is 10.1. The minimum Gasteiger partial charge on any atom is -0.496 e. The number of aliphatic carboxylic acids is 1.